The standard InChI is InChI=1S/C14H12ClNO3.Na/c15-10-5-1-2-6-11(10)19-12-7-3-4-9(14(12)16)8-13(17)18;/h1-7H,8,16H2,(H,17,18);/q;+1/p-1. The predicted molar refractivity (Wildman–Crippen MR) is 71.1 cm³/mol. The van der Waals surface area contributed by atoms with Crippen LogP contribution in [0.15, 0.2) is 42.5 Å². The monoisotopic (exact) mass is 299 g/mol. The molecule has 2 aromatic carbocycles. The number of halogens is 1. The predicted octanol–water partition coefficient (Wildman–Crippen LogP) is -0.989. The van der Waals surface area contributed by atoms with Crippen LogP contribution in [0.4, 0.5) is 5.69 Å². The number of carbonyl (C=O) groups excluding carboxylic acids is 1. The van der Waals surface area contributed by atoms with Gasteiger partial charge in [-0.15, -0.1) is 0 Å². The van der Waals surface area contributed by atoms with E-state index in [-0.39, 0.29) is 41.7 Å². The number of rotatable bonds is 4. The van der Waals surface area contributed by atoms with Crippen LogP contribution in [-0.2, 0) is 11.2 Å². The molecule has 98 valence electrons. The van der Waals surface area contributed by atoms with E-state index in [1.807, 2.05) is 0 Å². The average molecular weight is 300 g/mol. The number of carbonyl (C=O) groups is 1. The quantitative estimate of drug-likeness (QED) is 0.581. The molecule has 0 atom stereocenters. The van der Waals surface area contributed by atoms with Crippen molar-refractivity contribution in [3.63, 3.8) is 0 Å². The number of nitrogen functional groups attached to an aromatic ring is 1. The van der Waals surface area contributed by atoms with Crippen molar-refractivity contribution >= 4 is 23.3 Å². The fourth-order valence-corrected chi connectivity index (χ4v) is 1.81. The second-order valence-corrected chi connectivity index (χ2v) is 4.32. The number of para-hydroxylation sites is 2. The molecule has 2 rings (SSSR count). The molecule has 0 saturated carbocycles. The Hall–Kier alpha value is -1.20. The van der Waals surface area contributed by atoms with Gasteiger partial charge >= 0.3 is 29.6 Å². The van der Waals surface area contributed by atoms with Crippen molar-refractivity contribution in [3.8, 4) is 11.5 Å². The number of hydrogen-bond donors (Lipinski definition) is 1. The number of nitrogens with two attached hydrogens (primary N) is 1. The first-order chi connectivity index (χ1) is 9.08. The molecule has 0 unspecified atom stereocenters. The van der Waals surface area contributed by atoms with Gasteiger partial charge in [0.05, 0.1) is 10.7 Å². The number of aliphatic carboxylic acids is 1. The fourth-order valence-electron chi connectivity index (χ4n) is 1.63. The third-order valence-electron chi connectivity index (χ3n) is 2.55. The molecule has 20 heavy (non-hydrogen) atoms. The Morgan fingerprint density at radius 1 is 1.15 bits per heavy atom. The topological polar surface area (TPSA) is 75.4 Å². The Labute approximate surface area is 143 Å². The minimum atomic E-state index is -1.19. The second kappa shape index (κ2) is 7.55. The summed E-state index contributed by atoms with van der Waals surface area (Å²) in [4.78, 5) is 10.6. The summed E-state index contributed by atoms with van der Waals surface area (Å²) in [6, 6.07) is 11.9. The Morgan fingerprint density at radius 3 is 2.45 bits per heavy atom. The molecule has 0 bridgehead atoms. The first-order valence-corrected chi connectivity index (χ1v) is 5.95. The van der Waals surface area contributed by atoms with Gasteiger partial charge in [-0.2, -0.15) is 0 Å². The first-order valence-electron chi connectivity index (χ1n) is 5.57. The summed E-state index contributed by atoms with van der Waals surface area (Å²) in [5.74, 6) is -0.366. The largest absolute Gasteiger partial charge is 1.00 e. The Balaban J connectivity index is 0.00000200. The van der Waals surface area contributed by atoms with Crippen LogP contribution in [0.25, 0.3) is 0 Å². The van der Waals surface area contributed by atoms with Crippen molar-refractivity contribution in [1.29, 1.82) is 0 Å². The van der Waals surface area contributed by atoms with Crippen molar-refractivity contribution in [3.05, 3.63) is 53.1 Å². The van der Waals surface area contributed by atoms with Gasteiger partial charge in [-0.05, 0) is 23.8 Å². The molecule has 6 heteroatoms. The smallest absolute Gasteiger partial charge is 0.550 e. The van der Waals surface area contributed by atoms with Crippen LogP contribution in [0.5, 0.6) is 11.5 Å². The van der Waals surface area contributed by atoms with Crippen LogP contribution in [0.3, 0.4) is 0 Å². The first kappa shape index (κ1) is 16.9. The molecule has 0 amide bonds. The molecule has 2 aromatic rings. The van der Waals surface area contributed by atoms with Crippen LogP contribution in [0.2, 0.25) is 5.02 Å². The van der Waals surface area contributed by atoms with Gasteiger partial charge in [0.15, 0.2) is 5.75 Å². The zero-order chi connectivity index (χ0) is 13.8. The molecule has 0 aliphatic rings. The molecule has 4 nitrogen and oxygen atoms in total. The molecule has 0 aliphatic carbocycles. The van der Waals surface area contributed by atoms with Crippen LogP contribution >= 0.6 is 11.6 Å². The zero-order valence-electron chi connectivity index (χ0n) is 10.9. The minimum absolute atomic E-state index is 0. The summed E-state index contributed by atoms with van der Waals surface area (Å²) in [6.45, 7) is 0. The average Bonchev–Trinajstić information content (AvgIpc) is 2.36. The van der Waals surface area contributed by atoms with Crippen molar-refractivity contribution in [1.82, 2.24) is 0 Å². The molecule has 0 aliphatic heterocycles. The maximum absolute atomic E-state index is 10.6. The summed E-state index contributed by atoms with van der Waals surface area (Å²) in [5.41, 5.74) is 6.59. The number of benzene rings is 2. The Kier molecular flexibility index (Phi) is 6.36. The SMILES string of the molecule is Nc1c(CC(=O)[O-])cccc1Oc1ccccc1Cl.[Na+]. The van der Waals surface area contributed by atoms with Gasteiger partial charge in [-0.3, -0.25) is 0 Å². The van der Waals surface area contributed by atoms with E-state index in [0.717, 1.165) is 0 Å². The number of carboxylic acid groups (broad SMARTS) is 1. The number of anilines is 1. The van der Waals surface area contributed by atoms with E-state index >= 15 is 0 Å². The van der Waals surface area contributed by atoms with Crippen molar-refractivity contribution in [2.24, 2.45) is 0 Å². The van der Waals surface area contributed by atoms with E-state index in [9.17, 15) is 9.90 Å². The Morgan fingerprint density at radius 2 is 1.80 bits per heavy atom. The molecule has 2 N–H and O–H groups in total. The third kappa shape index (κ3) is 4.15. The summed E-state index contributed by atoms with van der Waals surface area (Å²) in [6.07, 6.45) is -0.258. The number of ether oxygens (including phenoxy) is 1. The van der Waals surface area contributed by atoms with Gasteiger partial charge in [0, 0.05) is 12.4 Å². The molecule has 0 heterocycles. The van der Waals surface area contributed by atoms with E-state index < -0.39 is 5.97 Å². The van der Waals surface area contributed by atoms with Gasteiger partial charge < -0.3 is 20.4 Å². The number of hydrogen-bond acceptors (Lipinski definition) is 4. The second-order valence-electron chi connectivity index (χ2n) is 3.91. The molecule has 0 spiro atoms. The molecule has 0 radical (unpaired) electrons. The normalized spacial score (nSPS) is 9.65. The van der Waals surface area contributed by atoms with E-state index in [4.69, 9.17) is 22.1 Å². The van der Waals surface area contributed by atoms with E-state index in [1.165, 1.54) is 0 Å². The van der Waals surface area contributed by atoms with Gasteiger partial charge in [0.1, 0.15) is 5.75 Å². The van der Waals surface area contributed by atoms with Gasteiger partial charge in [0.25, 0.3) is 0 Å². The summed E-state index contributed by atoms with van der Waals surface area (Å²) in [5, 5.41) is 11.1. The van der Waals surface area contributed by atoms with Crippen molar-refractivity contribution in [2.75, 3.05) is 5.73 Å². The van der Waals surface area contributed by atoms with Crippen LogP contribution in [0, 0.1) is 0 Å². The maximum Gasteiger partial charge on any atom is 1.00 e. The summed E-state index contributed by atoms with van der Waals surface area (Å²) < 4.78 is 5.59. The van der Waals surface area contributed by atoms with Gasteiger partial charge in [0.2, 0.25) is 0 Å². The molecule has 0 aromatic heterocycles. The van der Waals surface area contributed by atoms with Crippen molar-refractivity contribution in [2.45, 2.75) is 6.42 Å². The maximum atomic E-state index is 10.6. The van der Waals surface area contributed by atoms with E-state index in [0.29, 0.717) is 22.1 Å². The number of carboxylic acids is 1. The summed E-state index contributed by atoms with van der Waals surface area (Å²) in [7, 11) is 0. The van der Waals surface area contributed by atoms with Gasteiger partial charge in [-0.25, -0.2) is 0 Å². The minimum Gasteiger partial charge on any atom is -0.550 e. The molecule has 0 fully saturated rings. The van der Waals surface area contributed by atoms with E-state index in [1.54, 1.807) is 42.5 Å². The molecular formula is C14H11ClNNaO3. The van der Waals surface area contributed by atoms with Crippen LogP contribution in [0.1, 0.15) is 5.56 Å². The van der Waals surface area contributed by atoms with Gasteiger partial charge in [-0.1, -0.05) is 35.9 Å². The fraction of sp³-hybridized carbons (Fsp3) is 0.0714. The zero-order valence-corrected chi connectivity index (χ0v) is 13.7. The van der Waals surface area contributed by atoms with Crippen molar-refractivity contribution < 1.29 is 44.2 Å². The third-order valence-corrected chi connectivity index (χ3v) is 2.86. The molecular weight excluding hydrogens is 289 g/mol. The van der Waals surface area contributed by atoms with Crippen LogP contribution in [-0.4, -0.2) is 5.97 Å². The van der Waals surface area contributed by atoms with Crippen LogP contribution < -0.4 is 45.1 Å². The van der Waals surface area contributed by atoms with E-state index in [2.05, 4.69) is 0 Å². The molecule has 0 saturated heterocycles. The Bertz CT molecular complexity index is 619. The summed E-state index contributed by atoms with van der Waals surface area (Å²) >= 11 is 5.98.